The van der Waals surface area contributed by atoms with Crippen molar-refractivity contribution in [2.75, 3.05) is 0 Å². The Labute approximate surface area is 117 Å². The Balaban J connectivity index is 2.48. The average molecular weight is 261 g/mol. The van der Waals surface area contributed by atoms with Crippen molar-refractivity contribution in [3.8, 4) is 0 Å². The van der Waals surface area contributed by atoms with E-state index in [0.29, 0.717) is 0 Å². The molecular weight excluding hydrogens is 244 g/mol. The zero-order chi connectivity index (χ0) is 13.9. The van der Waals surface area contributed by atoms with Gasteiger partial charge < -0.3 is 0 Å². The van der Waals surface area contributed by atoms with Gasteiger partial charge in [0.1, 0.15) is 11.0 Å². The number of hydrogen-bond acceptors (Lipinski definition) is 0. The normalized spacial score (nSPS) is 11.8. The van der Waals surface area contributed by atoms with Crippen molar-refractivity contribution < 1.29 is 4.68 Å². The fourth-order valence-electron chi connectivity index (χ4n) is 3.20. The van der Waals surface area contributed by atoms with Gasteiger partial charge in [-0.05, 0) is 30.4 Å². The van der Waals surface area contributed by atoms with Crippen molar-refractivity contribution in [1.29, 1.82) is 0 Å². The molecule has 0 fully saturated rings. The molecule has 98 valence electrons. The first-order chi connectivity index (χ1) is 9.68. The summed E-state index contributed by atoms with van der Waals surface area (Å²) in [5.74, 6) is 0. The summed E-state index contributed by atoms with van der Waals surface area (Å²) >= 11 is 0. The van der Waals surface area contributed by atoms with Crippen molar-refractivity contribution in [3.05, 3.63) is 59.8 Å². The van der Waals surface area contributed by atoms with Crippen LogP contribution in [-0.4, -0.2) is 4.52 Å². The van der Waals surface area contributed by atoms with E-state index in [0.717, 1.165) is 0 Å². The Morgan fingerprint density at radius 3 is 2.40 bits per heavy atom. The van der Waals surface area contributed by atoms with Gasteiger partial charge in [0.15, 0.2) is 13.2 Å². The Hall–Kier alpha value is -2.35. The summed E-state index contributed by atoms with van der Waals surface area (Å²) in [6.07, 6.45) is 2.13. The lowest BCUT2D eigenvalue weighted by molar-refractivity contribution is -0.735. The van der Waals surface area contributed by atoms with Gasteiger partial charge in [-0.1, -0.05) is 36.4 Å². The molecule has 2 aromatic heterocycles. The lowest BCUT2D eigenvalue weighted by Gasteiger charge is -2.10. The first kappa shape index (κ1) is 11.5. The van der Waals surface area contributed by atoms with E-state index in [4.69, 9.17) is 0 Å². The second-order valence-electron chi connectivity index (χ2n) is 5.54. The Bertz CT molecular complexity index is 977. The molecule has 20 heavy (non-hydrogen) atoms. The lowest BCUT2D eigenvalue weighted by atomic mass is 10.00. The molecule has 0 atom stereocenters. The monoisotopic (exact) mass is 261 g/mol. The van der Waals surface area contributed by atoms with Crippen LogP contribution in [-0.2, 0) is 7.05 Å². The molecule has 0 radical (unpaired) electrons. The first-order valence-electron chi connectivity index (χ1n) is 6.96. The topological polar surface area (TPSA) is 8.29 Å². The van der Waals surface area contributed by atoms with Gasteiger partial charge in [0.2, 0.25) is 0 Å². The molecule has 0 aliphatic heterocycles. The molecule has 0 N–H and O–H groups in total. The fraction of sp³-hybridized carbons (Fsp3) is 0.167. The number of benzene rings is 2. The van der Waals surface area contributed by atoms with Crippen LogP contribution in [0.1, 0.15) is 11.1 Å². The molecule has 2 aromatic carbocycles. The molecular formula is C18H17N2+. The first-order valence-corrected chi connectivity index (χ1v) is 6.96. The number of aromatic nitrogens is 2. The van der Waals surface area contributed by atoms with Crippen LogP contribution in [0.5, 0.6) is 0 Å². The van der Waals surface area contributed by atoms with E-state index < -0.39 is 0 Å². The third-order valence-electron chi connectivity index (χ3n) is 4.40. The predicted octanol–water partition coefficient (Wildman–Crippen LogP) is 3.69. The maximum atomic E-state index is 2.32. The lowest BCUT2D eigenvalue weighted by Crippen LogP contribution is -2.34. The third kappa shape index (κ3) is 1.31. The highest BCUT2D eigenvalue weighted by Gasteiger charge is 2.16. The van der Waals surface area contributed by atoms with Crippen LogP contribution in [0.4, 0.5) is 0 Å². The van der Waals surface area contributed by atoms with Gasteiger partial charge in [-0.15, -0.1) is 9.20 Å². The number of rotatable bonds is 0. The molecule has 2 nitrogen and oxygen atoms in total. The molecule has 0 aliphatic rings. The largest absolute Gasteiger partial charge is 0.196 e. The van der Waals surface area contributed by atoms with E-state index in [1.165, 1.54) is 38.3 Å². The van der Waals surface area contributed by atoms with Gasteiger partial charge in [-0.3, -0.25) is 0 Å². The molecule has 4 aromatic rings. The summed E-state index contributed by atoms with van der Waals surface area (Å²) in [7, 11) is 2.10. The summed E-state index contributed by atoms with van der Waals surface area (Å²) < 4.78 is 4.48. The minimum Gasteiger partial charge on any atom is -0.120 e. The Kier molecular flexibility index (Phi) is 2.19. The number of hydrogen-bond donors (Lipinski definition) is 0. The quantitative estimate of drug-likeness (QED) is 0.337. The van der Waals surface area contributed by atoms with Crippen LogP contribution >= 0.6 is 0 Å². The number of nitrogens with zero attached hydrogens (tertiary/aromatic N) is 2. The van der Waals surface area contributed by atoms with E-state index in [1.54, 1.807) is 0 Å². The van der Waals surface area contributed by atoms with Crippen LogP contribution in [0.2, 0.25) is 0 Å². The van der Waals surface area contributed by atoms with Crippen LogP contribution in [0.25, 0.3) is 27.2 Å². The summed E-state index contributed by atoms with van der Waals surface area (Å²) in [5, 5.41) is 3.96. The summed E-state index contributed by atoms with van der Waals surface area (Å²) in [6, 6.07) is 15.3. The minimum absolute atomic E-state index is 1.27. The van der Waals surface area contributed by atoms with Gasteiger partial charge in [-0.2, -0.15) is 0 Å². The molecule has 0 amide bonds. The molecule has 0 bridgehead atoms. The van der Waals surface area contributed by atoms with Crippen molar-refractivity contribution in [2.24, 2.45) is 7.05 Å². The molecule has 0 saturated heterocycles. The Morgan fingerprint density at radius 2 is 1.60 bits per heavy atom. The van der Waals surface area contributed by atoms with E-state index in [1.807, 2.05) is 0 Å². The molecule has 4 rings (SSSR count). The van der Waals surface area contributed by atoms with Gasteiger partial charge in [0.05, 0.1) is 0 Å². The van der Waals surface area contributed by atoms with Gasteiger partial charge in [0.25, 0.3) is 0 Å². The maximum Gasteiger partial charge on any atom is 0.196 e. The number of pyridine rings is 1. The van der Waals surface area contributed by atoms with E-state index in [2.05, 4.69) is 78.8 Å². The van der Waals surface area contributed by atoms with E-state index in [9.17, 15) is 0 Å². The number of aryl methyl sites for hydroxylation is 3. The smallest absolute Gasteiger partial charge is 0.120 e. The minimum atomic E-state index is 1.27. The summed E-state index contributed by atoms with van der Waals surface area (Å²) in [6.45, 7) is 4.39. The molecule has 0 unspecified atom stereocenters. The average Bonchev–Trinajstić information content (AvgIpc) is 2.85. The van der Waals surface area contributed by atoms with Crippen molar-refractivity contribution in [3.63, 3.8) is 0 Å². The van der Waals surface area contributed by atoms with E-state index >= 15 is 0 Å². The second kappa shape index (κ2) is 3.83. The van der Waals surface area contributed by atoms with Crippen molar-refractivity contribution in [2.45, 2.75) is 13.8 Å². The predicted molar refractivity (Wildman–Crippen MR) is 83.1 cm³/mol. The molecule has 2 heterocycles. The zero-order valence-corrected chi connectivity index (χ0v) is 12.0. The maximum absolute atomic E-state index is 2.32. The highest BCUT2D eigenvalue weighted by atomic mass is 15.3. The third-order valence-corrected chi connectivity index (χ3v) is 4.40. The molecule has 0 spiro atoms. The molecule has 0 saturated carbocycles. The summed E-state index contributed by atoms with van der Waals surface area (Å²) in [5.41, 5.74) is 5.27. The zero-order valence-electron chi connectivity index (χ0n) is 12.0. The van der Waals surface area contributed by atoms with Crippen molar-refractivity contribution >= 4 is 27.2 Å². The van der Waals surface area contributed by atoms with Gasteiger partial charge in [0, 0.05) is 16.8 Å². The van der Waals surface area contributed by atoms with Gasteiger partial charge in [-0.25, -0.2) is 0 Å². The standard InChI is InChI=1S/C18H17N2/c1-12-8-9-16-14-6-4-5-7-15(14)17-10-11-19(3)20(17)18(16)13(12)2/h4-11H,1-3H3/q+1. The Morgan fingerprint density at radius 1 is 0.850 bits per heavy atom. The molecule has 0 aliphatic carbocycles. The van der Waals surface area contributed by atoms with Crippen LogP contribution in [0.3, 0.4) is 0 Å². The highest BCUT2D eigenvalue weighted by Crippen LogP contribution is 2.31. The second-order valence-corrected chi connectivity index (χ2v) is 5.54. The SMILES string of the molecule is Cc1ccc2c3ccccc3c3cc[n+](C)n3c2c1C. The fourth-order valence-corrected chi connectivity index (χ4v) is 3.20. The van der Waals surface area contributed by atoms with Crippen molar-refractivity contribution in [1.82, 2.24) is 4.52 Å². The van der Waals surface area contributed by atoms with Gasteiger partial charge >= 0.3 is 0 Å². The van der Waals surface area contributed by atoms with E-state index in [-0.39, 0.29) is 0 Å². The van der Waals surface area contributed by atoms with Crippen LogP contribution in [0.15, 0.2) is 48.7 Å². The summed E-state index contributed by atoms with van der Waals surface area (Å²) in [4.78, 5) is 0. The van der Waals surface area contributed by atoms with Crippen LogP contribution < -0.4 is 4.68 Å². The van der Waals surface area contributed by atoms with Crippen LogP contribution in [0, 0.1) is 13.8 Å². The number of fused-ring (bicyclic) bond motifs is 6. The molecule has 2 heteroatoms. The highest BCUT2D eigenvalue weighted by molar-refractivity contribution is 6.12.